The highest BCUT2D eigenvalue weighted by molar-refractivity contribution is 9.10. The molecule has 0 saturated heterocycles. The van der Waals surface area contributed by atoms with Gasteiger partial charge in [0.05, 0.1) is 0 Å². The molecule has 3 N–H and O–H groups in total. The highest BCUT2D eigenvalue weighted by Crippen LogP contribution is 2.24. The van der Waals surface area contributed by atoms with E-state index in [4.69, 9.17) is 10.5 Å². The van der Waals surface area contributed by atoms with Crippen LogP contribution < -0.4 is 15.8 Å². The highest BCUT2D eigenvalue weighted by Gasteiger charge is 2.14. The molecule has 2 unspecified atom stereocenters. The van der Waals surface area contributed by atoms with Gasteiger partial charge in [-0.3, -0.25) is 4.79 Å². The van der Waals surface area contributed by atoms with E-state index in [-0.39, 0.29) is 11.9 Å². The molecule has 2 atom stereocenters. The summed E-state index contributed by atoms with van der Waals surface area (Å²) in [5.41, 5.74) is 7.06. The Balaban J connectivity index is 2.81. The van der Waals surface area contributed by atoms with Crippen molar-refractivity contribution in [1.82, 2.24) is 5.32 Å². The second-order valence-corrected chi connectivity index (χ2v) is 5.35. The number of hydrogen-bond acceptors (Lipinski definition) is 3. The van der Waals surface area contributed by atoms with Gasteiger partial charge in [-0.25, -0.2) is 0 Å². The number of nitrogens with one attached hydrogen (secondary N) is 1. The fraction of sp³-hybridized carbons (Fsp3) is 0.500. The van der Waals surface area contributed by atoms with E-state index in [0.29, 0.717) is 5.75 Å². The van der Waals surface area contributed by atoms with Gasteiger partial charge in [-0.05, 0) is 43.5 Å². The van der Waals surface area contributed by atoms with Gasteiger partial charge in [-0.2, -0.15) is 0 Å². The van der Waals surface area contributed by atoms with E-state index < -0.39 is 6.10 Å². The number of nitrogens with two attached hydrogens (primary N) is 1. The average molecular weight is 329 g/mol. The third kappa shape index (κ3) is 4.84. The molecule has 1 rings (SSSR count). The standard InChI is InChI=1S/C14H21BrN2O2/c1-4-11(16)7-10-8-12(5-6-13(10)15)19-9(2)14(18)17-3/h5-6,8-9,11H,4,7,16H2,1-3H3,(H,17,18). The number of halogens is 1. The fourth-order valence-electron chi connectivity index (χ4n) is 1.67. The van der Waals surface area contributed by atoms with Crippen LogP contribution in [0, 0.1) is 0 Å². The van der Waals surface area contributed by atoms with Crippen LogP contribution >= 0.6 is 15.9 Å². The molecule has 0 heterocycles. The van der Waals surface area contributed by atoms with Crippen molar-refractivity contribution >= 4 is 21.8 Å². The summed E-state index contributed by atoms with van der Waals surface area (Å²) in [7, 11) is 1.59. The Morgan fingerprint density at radius 2 is 2.21 bits per heavy atom. The van der Waals surface area contributed by atoms with Crippen LogP contribution in [0.4, 0.5) is 0 Å². The second-order valence-electron chi connectivity index (χ2n) is 4.50. The molecule has 0 radical (unpaired) electrons. The summed E-state index contributed by atoms with van der Waals surface area (Å²) in [5.74, 6) is 0.535. The van der Waals surface area contributed by atoms with Gasteiger partial charge >= 0.3 is 0 Å². The first-order valence-electron chi connectivity index (χ1n) is 6.40. The van der Waals surface area contributed by atoms with Crippen molar-refractivity contribution in [2.24, 2.45) is 5.73 Å². The predicted octanol–water partition coefficient (Wildman–Crippen LogP) is 2.24. The molecule has 19 heavy (non-hydrogen) atoms. The summed E-state index contributed by atoms with van der Waals surface area (Å²) in [5, 5.41) is 2.56. The highest BCUT2D eigenvalue weighted by atomic mass is 79.9. The molecule has 1 aromatic rings. The fourth-order valence-corrected chi connectivity index (χ4v) is 2.08. The number of benzene rings is 1. The van der Waals surface area contributed by atoms with E-state index in [2.05, 4.69) is 28.2 Å². The molecule has 0 aromatic heterocycles. The normalized spacial score (nSPS) is 13.7. The van der Waals surface area contributed by atoms with Crippen LogP contribution in [0.5, 0.6) is 5.75 Å². The molecule has 0 saturated carbocycles. The molecule has 0 aliphatic carbocycles. The zero-order valence-corrected chi connectivity index (χ0v) is 13.2. The third-order valence-corrected chi connectivity index (χ3v) is 3.73. The van der Waals surface area contributed by atoms with E-state index in [0.717, 1.165) is 22.9 Å². The Hall–Kier alpha value is -1.07. The average Bonchev–Trinajstić information content (AvgIpc) is 2.41. The summed E-state index contributed by atoms with van der Waals surface area (Å²) < 4.78 is 6.61. The summed E-state index contributed by atoms with van der Waals surface area (Å²) in [6.07, 6.45) is 1.19. The molecule has 0 bridgehead atoms. The Labute approximate surface area is 122 Å². The summed E-state index contributed by atoms with van der Waals surface area (Å²) >= 11 is 3.51. The van der Waals surface area contributed by atoms with E-state index in [9.17, 15) is 4.79 Å². The molecule has 4 nitrogen and oxygen atoms in total. The lowest BCUT2D eigenvalue weighted by molar-refractivity contribution is -0.126. The van der Waals surface area contributed by atoms with Crippen LogP contribution in [0.15, 0.2) is 22.7 Å². The third-order valence-electron chi connectivity index (χ3n) is 2.95. The van der Waals surface area contributed by atoms with Gasteiger partial charge in [0.25, 0.3) is 5.91 Å². The number of likely N-dealkylation sites (N-methyl/N-ethyl adjacent to an activating group) is 1. The number of carbonyl (C=O) groups is 1. The van der Waals surface area contributed by atoms with E-state index in [1.807, 2.05) is 18.2 Å². The molecule has 0 fully saturated rings. The summed E-state index contributed by atoms with van der Waals surface area (Å²) in [6.45, 7) is 3.78. The Bertz CT molecular complexity index is 437. The molecular weight excluding hydrogens is 308 g/mol. The van der Waals surface area contributed by atoms with Gasteiger partial charge in [0.2, 0.25) is 0 Å². The van der Waals surface area contributed by atoms with Gasteiger partial charge in [-0.1, -0.05) is 22.9 Å². The molecule has 1 amide bonds. The molecule has 0 aliphatic heterocycles. The Morgan fingerprint density at radius 3 is 2.79 bits per heavy atom. The number of rotatable bonds is 6. The van der Waals surface area contributed by atoms with Crippen molar-refractivity contribution in [3.63, 3.8) is 0 Å². The Morgan fingerprint density at radius 1 is 1.53 bits per heavy atom. The molecule has 1 aromatic carbocycles. The smallest absolute Gasteiger partial charge is 0.260 e. The summed E-state index contributed by atoms with van der Waals surface area (Å²) in [4.78, 5) is 11.4. The first-order chi connectivity index (χ1) is 8.97. The SMILES string of the molecule is CCC(N)Cc1cc(OC(C)C(=O)NC)ccc1Br. The molecule has 0 spiro atoms. The van der Waals surface area contributed by atoms with Crippen molar-refractivity contribution < 1.29 is 9.53 Å². The monoisotopic (exact) mass is 328 g/mol. The number of amides is 1. The Kier molecular flexibility index (Phi) is 6.31. The topological polar surface area (TPSA) is 64.3 Å². The van der Waals surface area contributed by atoms with Crippen LogP contribution in [-0.2, 0) is 11.2 Å². The van der Waals surface area contributed by atoms with Gasteiger partial charge in [-0.15, -0.1) is 0 Å². The predicted molar refractivity (Wildman–Crippen MR) is 80.3 cm³/mol. The summed E-state index contributed by atoms with van der Waals surface area (Å²) in [6, 6.07) is 5.82. The lowest BCUT2D eigenvalue weighted by Crippen LogP contribution is -2.33. The molecule has 0 aliphatic rings. The minimum Gasteiger partial charge on any atom is -0.481 e. The first-order valence-corrected chi connectivity index (χ1v) is 7.19. The second kappa shape index (κ2) is 7.50. The molecule has 5 heteroatoms. The lowest BCUT2D eigenvalue weighted by Gasteiger charge is -2.16. The molecule has 106 valence electrons. The zero-order valence-electron chi connectivity index (χ0n) is 11.6. The first kappa shape index (κ1) is 16.0. The van der Waals surface area contributed by atoms with Crippen LogP contribution in [0.1, 0.15) is 25.8 Å². The van der Waals surface area contributed by atoms with Crippen LogP contribution in [0.3, 0.4) is 0 Å². The van der Waals surface area contributed by atoms with Crippen LogP contribution in [0.2, 0.25) is 0 Å². The van der Waals surface area contributed by atoms with Crippen molar-refractivity contribution in [2.75, 3.05) is 7.05 Å². The maximum atomic E-state index is 11.4. The maximum absolute atomic E-state index is 11.4. The number of carbonyl (C=O) groups excluding carboxylic acids is 1. The minimum absolute atomic E-state index is 0.128. The van der Waals surface area contributed by atoms with Gasteiger partial charge in [0, 0.05) is 17.6 Å². The largest absolute Gasteiger partial charge is 0.481 e. The van der Waals surface area contributed by atoms with Crippen LogP contribution in [-0.4, -0.2) is 25.1 Å². The molecular formula is C14H21BrN2O2. The van der Waals surface area contributed by atoms with Crippen molar-refractivity contribution in [3.8, 4) is 5.75 Å². The van der Waals surface area contributed by atoms with Crippen molar-refractivity contribution in [3.05, 3.63) is 28.2 Å². The van der Waals surface area contributed by atoms with E-state index >= 15 is 0 Å². The van der Waals surface area contributed by atoms with E-state index in [1.54, 1.807) is 14.0 Å². The maximum Gasteiger partial charge on any atom is 0.260 e. The quantitative estimate of drug-likeness (QED) is 0.841. The van der Waals surface area contributed by atoms with Gasteiger partial charge in [0.1, 0.15) is 5.75 Å². The lowest BCUT2D eigenvalue weighted by atomic mass is 10.0. The minimum atomic E-state index is -0.515. The number of ether oxygens (including phenoxy) is 1. The zero-order chi connectivity index (χ0) is 14.4. The number of hydrogen-bond donors (Lipinski definition) is 2. The van der Waals surface area contributed by atoms with Gasteiger partial charge in [0.15, 0.2) is 6.10 Å². The van der Waals surface area contributed by atoms with Crippen molar-refractivity contribution in [1.29, 1.82) is 0 Å². The van der Waals surface area contributed by atoms with E-state index in [1.165, 1.54) is 0 Å². The van der Waals surface area contributed by atoms with Crippen LogP contribution in [0.25, 0.3) is 0 Å². The van der Waals surface area contributed by atoms with Crippen molar-refractivity contribution in [2.45, 2.75) is 38.8 Å². The van der Waals surface area contributed by atoms with Gasteiger partial charge < -0.3 is 15.8 Å².